The molecule has 1 amide bonds. The van der Waals surface area contributed by atoms with E-state index in [-0.39, 0.29) is 5.56 Å². The van der Waals surface area contributed by atoms with Crippen LogP contribution in [0.1, 0.15) is 10.4 Å². The van der Waals surface area contributed by atoms with E-state index in [1.54, 1.807) is 42.6 Å². The summed E-state index contributed by atoms with van der Waals surface area (Å²) in [7, 11) is 1.46. The van der Waals surface area contributed by atoms with Crippen molar-refractivity contribution >= 4 is 51.5 Å². The molecule has 6 nitrogen and oxygen atoms in total. The Hall–Kier alpha value is -2.99. The van der Waals surface area contributed by atoms with Crippen molar-refractivity contribution in [3.8, 4) is 17.2 Å². The number of benzene rings is 2. The van der Waals surface area contributed by atoms with Gasteiger partial charge in [-0.1, -0.05) is 11.6 Å². The van der Waals surface area contributed by atoms with E-state index in [0.717, 1.165) is 0 Å². The number of pyridine rings is 1. The third kappa shape index (κ3) is 3.50. The number of aliphatic imine (C=N–C) groups is 1. The van der Waals surface area contributed by atoms with Crippen LogP contribution in [0, 0.1) is 0 Å². The Morgan fingerprint density at radius 1 is 1.27 bits per heavy atom. The van der Waals surface area contributed by atoms with Gasteiger partial charge in [0.2, 0.25) is 0 Å². The van der Waals surface area contributed by atoms with Crippen molar-refractivity contribution in [3.63, 3.8) is 0 Å². The lowest BCUT2D eigenvalue weighted by Gasteiger charge is -2.12. The molecule has 2 aromatic carbocycles. The van der Waals surface area contributed by atoms with E-state index in [4.69, 9.17) is 26.8 Å². The second-order valence-corrected chi connectivity index (χ2v) is 5.75. The topological polar surface area (TPSA) is 86.8 Å². The molecule has 0 saturated carbocycles. The molecule has 0 atom stereocenters. The third-order valence-corrected chi connectivity index (χ3v) is 4.00. The fraction of sp³-hybridized carbons (Fsp3) is 0.0556. The first-order chi connectivity index (χ1) is 12.5. The van der Waals surface area contributed by atoms with Crippen LogP contribution in [0.15, 0.2) is 47.6 Å². The number of carbonyl (C=O) groups is 1. The second kappa shape index (κ2) is 7.49. The van der Waals surface area contributed by atoms with Crippen molar-refractivity contribution in [2.75, 3.05) is 7.11 Å². The van der Waals surface area contributed by atoms with Gasteiger partial charge in [0.15, 0.2) is 0 Å². The van der Waals surface area contributed by atoms with E-state index >= 15 is 0 Å². The van der Waals surface area contributed by atoms with Crippen LogP contribution in [-0.4, -0.2) is 23.2 Å². The number of rotatable bonds is 5. The van der Waals surface area contributed by atoms with Gasteiger partial charge in [-0.25, -0.2) is 0 Å². The van der Waals surface area contributed by atoms with Crippen LogP contribution in [0.5, 0.6) is 17.2 Å². The standard InChI is InChI=1S/C18H12ClN3O3S/c1-24-17-8-15-11(7-12(17)18(20)23)16(4-5-21-15)25-10-2-3-14(22-9-26)13(19)6-10/h2-8H,1H3,(H2,20,23). The summed E-state index contributed by atoms with van der Waals surface area (Å²) in [5.74, 6) is 0.716. The zero-order chi connectivity index (χ0) is 18.7. The van der Waals surface area contributed by atoms with Crippen LogP contribution < -0.4 is 15.2 Å². The van der Waals surface area contributed by atoms with Crippen LogP contribution in [0.4, 0.5) is 5.69 Å². The van der Waals surface area contributed by atoms with Gasteiger partial charge in [0, 0.05) is 23.7 Å². The van der Waals surface area contributed by atoms with Crippen LogP contribution in [0.3, 0.4) is 0 Å². The first kappa shape index (κ1) is 17.8. The number of hydrogen-bond donors (Lipinski definition) is 1. The zero-order valence-corrected chi connectivity index (χ0v) is 15.1. The highest BCUT2D eigenvalue weighted by atomic mass is 35.5. The Morgan fingerprint density at radius 3 is 2.73 bits per heavy atom. The molecule has 0 saturated heterocycles. The smallest absolute Gasteiger partial charge is 0.252 e. The lowest BCUT2D eigenvalue weighted by Crippen LogP contribution is -2.12. The molecule has 0 spiro atoms. The predicted octanol–water partition coefficient (Wildman–Crippen LogP) is 4.52. The van der Waals surface area contributed by atoms with Crippen molar-refractivity contribution in [1.82, 2.24) is 4.98 Å². The number of primary amides is 1. The van der Waals surface area contributed by atoms with Crippen molar-refractivity contribution in [3.05, 3.63) is 53.2 Å². The molecule has 2 N–H and O–H groups in total. The quantitative estimate of drug-likeness (QED) is 0.515. The van der Waals surface area contributed by atoms with Crippen LogP contribution in [0.25, 0.3) is 10.9 Å². The number of nitrogens with two attached hydrogens (primary N) is 1. The highest BCUT2D eigenvalue weighted by Gasteiger charge is 2.14. The fourth-order valence-electron chi connectivity index (χ4n) is 2.42. The molecule has 0 radical (unpaired) electrons. The van der Waals surface area contributed by atoms with E-state index in [2.05, 4.69) is 27.4 Å². The predicted molar refractivity (Wildman–Crippen MR) is 103 cm³/mol. The number of fused-ring (bicyclic) bond motifs is 1. The minimum Gasteiger partial charge on any atom is -0.496 e. The number of carbonyl (C=O) groups excluding carboxylic acids is 1. The van der Waals surface area contributed by atoms with Gasteiger partial charge >= 0.3 is 0 Å². The Kier molecular flexibility index (Phi) is 5.14. The number of amides is 1. The van der Waals surface area contributed by atoms with Gasteiger partial charge in [0.1, 0.15) is 17.2 Å². The molecule has 0 aliphatic heterocycles. The average molecular weight is 386 g/mol. The number of methoxy groups -OCH3 is 1. The number of halogens is 1. The summed E-state index contributed by atoms with van der Waals surface area (Å²) >= 11 is 10.7. The number of aromatic nitrogens is 1. The van der Waals surface area contributed by atoms with Crippen molar-refractivity contribution in [2.24, 2.45) is 10.7 Å². The van der Waals surface area contributed by atoms with E-state index in [1.807, 2.05) is 0 Å². The number of thiocarbonyl (C=S) groups is 1. The van der Waals surface area contributed by atoms with Crippen molar-refractivity contribution in [2.45, 2.75) is 0 Å². The summed E-state index contributed by atoms with van der Waals surface area (Å²) < 4.78 is 11.1. The Morgan fingerprint density at radius 2 is 2.08 bits per heavy atom. The maximum atomic E-state index is 11.7. The summed E-state index contributed by atoms with van der Waals surface area (Å²) in [6.45, 7) is 0. The first-order valence-corrected chi connectivity index (χ1v) is 8.14. The van der Waals surface area contributed by atoms with Crippen LogP contribution in [-0.2, 0) is 0 Å². The number of isothiocyanates is 1. The molecule has 130 valence electrons. The molecule has 26 heavy (non-hydrogen) atoms. The number of nitrogens with zero attached hydrogens (tertiary/aromatic N) is 2. The molecule has 1 heterocycles. The Balaban J connectivity index is 2.08. The molecule has 0 bridgehead atoms. The Bertz CT molecular complexity index is 1060. The molecule has 0 aliphatic rings. The monoisotopic (exact) mass is 385 g/mol. The highest BCUT2D eigenvalue weighted by Crippen LogP contribution is 2.35. The van der Waals surface area contributed by atoms with Gasteiger partial charge in [-0.2, -0.15) is 4.99 Å². The molecule has 8 heteroatoms. The molecule has 3 aromatic rings. The van der Waals surface area contributed by atoms with Crippen molar-refractivity contribution < 1.29 is 14.3 Å². The number of ether oxygens (including phenoxy) is 2. The Labute approximate surface area is 159 Å². The summed E-state index contributed by atoms with van der Waals surface area (Å²) in [5.41, 5.74) is 6.75. The minimum absolute atomic E-state index is 0.238. The largest absolute Gasteiger partial charge is 0.496 e. The maximum absolute atomic E-state index is 11.7. The normalized spacial score (nSPS) is 10.2. The summed E-state index contributed by atoms with van der Waals surface area (Å²) in [6, 6.07) is 9.87. The molecule has 3 rings (SSSR count). The molecular weight excluding hydrogens is 374 g/mol. The average Bonchev–Trinajstić information content (AvgIpc) is 2.63. The summed E-state index contributed by atoms with van der Waals surface area (Å²) in [5, 5.41) is 3.25. The van der Waals surface area contributed by atoms with Gasteiger partial charge in [-0.15, -0.1) is 0 Å². The lowest BCUT2D eigenvalue weighted by molar-refractivity contribution is 0.0997. The van der Waals surface area contributed by atoms with E-state index < -0.39 is 5.91 Å². The molecule has 1 aromatic heterocycles. The van der Waals surface area contributed by atoms with Gasteiger partial charge in [0.05, 0.1) is 34.1 Å². The molecule has 0 unspecified atom stereocenters. The number of hydrogen-bond acceptors (Lipinski definition) is 6. The van der Waals surface area contributed by atoms with E-state index in [1.165, 1.54) is 7.11 Å². The zero-order valence-electron chi connectivity index (χ0n) is 13.5. The van der Waals surface area contributed by atoms with Crippen LogP contribution in [0.2, 0.25) is 5.02 Å². The second-order valence-electron chi connectivity index (χ2n) is 5.16. The summed E-state index contributed by atoms with van der Waals surface area (Å²) in [4.78, 5) is 19.8. The first-order valence-electron chi connectivity index (χ1n) is 7.35. The van der Waals surface area contributed by atoms with Gasteiger partial charge in [-0.3, -0.25) is 9.78 Å². The SMILES string of the molecule is COc1cc2nccc(Oc3ccc(N=C=S)c(Cl)c3)c2cc1C(N)=O. The summed E-state index contributed by atoms with van der Waals surface area (Å²) in [6.07, 6.45) is 1.59. The molecule has 0 aliphatic carbocycles. The van der Waals surface area contributed by atoms with E-state index in [0.29, 0.717) is 38.9 Å². The fourth-order valence-corrected chi connectivity index (χ4v) is 2.73. The molecule has 0 fully saturated rings. The van der Waals surface area contributed by atoms with E-state index in [9.17, 15) is 4.79 Å². The van der Waals surface area contributed by atoms with Gasteiger partial charge in [0.25, 0.3) is 5.91 Å². The minimum atomic E-state index is -0.607. The highest BCUT2D eigenvalue weighted by molar-refractivity contribution is 7.78. The van der Waals surface area contributed by atoms with Gasteiger partial charge < -0.3 is 15.2 Å². The van der Waals surface area contributed by atoms with Gasteiger partial charge in [-0.05, 0) is 36.5 Å². The maximum Gasteiger partial charge on any atom is 0.252 e. The van der Waals surface area contributed by atoms with Crippen molar-refractivity contribution in [1.29, 1.82) is 0 Å². The van der Waals surface area contributed by atoms with Crippen LogP contribution >= 0.6 is 23.8 Å². The third-order valence-electron chi connectivity index (χ3n) is 3.60. The molecular formula is C18H12ClN3O3S. The lowest BCUT2D eigenvalue weighted by atomic mass is 10.1.